The number of carbonyl (C=O) groups is 2. The lowest BCUT2D eigenvalue weighted by Gasteiger charge is -2.24. The zero-order valence-electron chi connectivity index (χ0n) is 20.0. The Morgan fingerprint density at radius 1 is 1.15 bits per heavy atom. The second kappa shape index (κ2) is 11.3. The van der Waals surface area contributed by atoms with E-state index in [1.165, 1.54) is 6.08 Å². The van der Waals surface area contributed by atoms with Crippen LogP contribution in [0.5, 0.6) is 0 Å². The maximum absolute atomic E-state index is 12.7. The summed E-state index contributed by atoms with van der Waals surface area (Å²) in [5.74, 6) is -4.09. The Morgan fingerprint density at radius 3 is 2.38 bits per heavy atom. The third kappa shape index (κ3) is 9.44. The van der Waals surface area contributed by atoms with Gasteiger partial charge in [0.1, 0.15) is 23.9 Å². The molecule has 0 bridgehead atoms. The third-order valence-electron chi connectivity index (χ3n) is 4.57. The van der Waals surface area contributed by atoms with Crippen LogP contribution in [0.25, 0.3) is 0 Å². The van der Waals surface area contributed by atoms with Gasteiger partial charge in [-0.05, 0) is 46.6 Å². The highest BCUT2D eigenvalue weighted by molar-refractivity contribution is 5.87. The van der Waals surface area contributed by atoms with Gasteiger partial charge in [-0.3, -0.25) is 4.79 Å². The molecule has 0 saturated carbocycles. The van der Waals surface area contributed by atoms with Crippen molar-refractivity contribution in [3.8, 4) is 0 Å². The summed E-state index contributed by atoms with van der Waals surface area (Å²) in [6, 6.07) is 8.05. The monoisotopic (exact) mass is 487 g/mol. The molecule has 10 heteroatoms. The molecule has 1 saturated heterocycles. The Labute approximate surface area is 197 Å². The number of carbonyl (C=O) groups excluding carboxylic acids is 2. The molecule has 1 aromatic rings. The maximum Gasteiger partial charge on any atom is 0.471 e. The smallest absolute Gasteiger partial charge is 0.458 e. The van der Waals surface area contributed by atoms with Crippen LogP contribution in [-0.4, -0.2) is 54.3 Å². The van der Waals surface area contributed by atoms with Crippen molar-refractivity contribution in [3.05, 3.63) is 48.0 Å². The molecule has 190 valence electrons. The second-order valence-electron chi connectivity index (χ2n) is 9.36. The molecule has 0 radical (unpaired) electrons. The summed E-state index contributed by atoms with van der Waals surface area (Å²) in [7, 11) is 0. The van der Waals surface area contributed by atoms with E-state index < -0.39 is 47.7 Å². The van der Waals surface area contributed by atoms with Crippen LogP contribution >= 0.6 is 0 Å². The molecule has 0 aromatic heterocycles. The van der Waals surface area contributed by atoms with Crippen LogP contribution in [0.4, 0.5) is 13.2 Å². The first-order valence-corrected chi connectivity index (χ1v) is 10.9. The van der Waals surface area contributed by atoms with E-state index in [0.29, 0.717) is 6.61 Å². The highest BCUT2D eigenvalue weighted by Gasteiger charge is 2.42. The summed E-state index contributed by atoms with van der Waals surface area (Å²) in [6.07, 6.45) is -3.34. The summed E-state index contributed by atoms with van der Waals surface area (Å²) in [5, 5.41) is 1.70. The molecule has 0 spiro atoms. The largest absolute Gasteiger partial charge is 0.471 e. The van der Waals surface area contributed by atoms with Crippen LogP contribution in [-0.2, 0) is 35.1 Å². The molecular weight excluding hydrogens is 455 g/mol. The predicted molar refractivity (Wildman–Crippen MR) is 118 cm³/mol. The highest BCUT2D eigenvalue weighted by atomic mass is 19.4. The fourth-order valence-corrected chi connectivity index (χ4v) is 3.20. The number of halogens is 3. The van der Waals surface area contributed by atoms with Gasteiger partial charge in [0.15, 0.2) is 5.79 Å². The first-order valence-electron chi connectivity index (χ1n) is 10.9. The number of rotatable bonds is 9. The Kier molecular flexibility index (Phi) is 9.27. The van der Waals surface area contributed by atoms with Gasteiger partial charge >= 0.3 is 18.1 Å². The quantitative estimate of drug-likeness (QED) is 0.418. The van der Waals surface area contributed by atoms with Gasteiger partial charge in [-0.2, -0.15) is 13.2 Å². The second-order valence-corrected chi connectivity index (χ2v) is 9.36. The van der Waals surface area contributed by atoms with E-state index >= 15 is 0 Å². The average Bonchev–Trinajstić information content (AvgIpc) is 2.99. The predicted octanol–water partition coefficient (Wildman–Crippen LogP) is 4.06. The van der Waals surface area contributed by atoms with Gasteiger partial charge in [-0.1, -0.05) is 42.5 Å². The first kappa shape index (κ1) is 27.8. The zero-order valence-corrected chi connectivity index (χ0v) is 20.0. The van der Waals surface area contributed by atoms with Crippen LogP contribution in [0.2, 0.25) is 0 Å². The molecule has 1 N–H and O–H groups in total. The topological polar surface area (TPSA) is 83.1 Å². The molecule has 1 aliphatic heterocycles. The van der Waals surface area contributed by atoms with E-state index in [2.05, 4.69) is 0 Å². The summed E-state index contributed by atoms with van der Waals surface area (Å²) in [6.45, 7) is 8.80. The first-order chi connectivity index (χ1) is 15.7. The molecule has 1 aromatic carbocycles. The minimum Gasteiger partial charge on any atom is -0.458 e. The van der Waals surface area contributed by atoms with Gasteiger partial charge in [-0.25, -0.2) is 4.79 Å². The summed E-state index contributed by atoms with van der Waals surface area (Å²) in [4.78, 5) is 23.8. The molecule has 1 amide bonds. The molecule has 34 heavy (non-hydrogen) atoms. The molecular formula is C24H32F3NO6. The van der Waals surface area contributed by atoms with Crippen molar-refractivity contribution >= 4 is 11.9 Å². The van der Waals surface area contributed by atoms with Gasteiger partial charge in [0.25, 0.3) is 0 Å². The molecule has 1 aliphatic rings. The normalized spacial score (nSPS) is 21.4. The Hall–Kier alpha value is -2.43. The van der Waals surface area contributed by atoms with E-state index in [9.17, 15) is 22.8 Å². The molecule has 1 fully saturated rings. The lowest BCUT2D eigenvalue weighted by Crippen LogP contribution is -2.48. The van der Waals surface area contributed by atoms with Crippen molar-refractivity contribution in [1.82, 2.24) is 5.32 Å². The Bertz CT molecular complexity index is 849. The van der Waals surface area contributed by atoms with E-state index in [0.717, 1.165) is 5.56 Å². The van der Waals surface area contributed by atoms with Crippen LogP contribution in [0.3, 0.4) is 0 Å². The van der Waals surface area contributed by atoms with Crippen molar-refractivity contribution in [2.75, 3.05) is 6.61 Å². The van der Waals surface area contributed by atoms with E-state index in [4.69, 9.17) is 18.9 Å². The Balaban J connectivity index is 2.02. The van der Waals surface area contributed by atoms with Crippen LogP contribution in [0, 0.1) is 0 Å². The number of amides is 1. The lowest BCUT2D eigenvalue weighted by molar-refractivity contribution is -0.177. The fraction of sp³-hybridized carbons (Fsp3) is 0.583. The minimum atomic E-state index is -5.13. The summed E-state index contributed by atoms with van der Waals surface area (Å²) >= 11 is 0. The summed E-state index contributed by atoms with van der Waals surface area (Å²) < 4.78 is 60.8. The molecule has 0 aliphatic carbocycles. The van der Waals surface area contributed by atoms with Gasteiger partial charge in [0, 0.05) is 0 Å². The van der Waals surface area contributed by atoms with Crippen LogP contribution in [0.1, 0.15) is 46.6 Å². The number of alkyl halides is 3. The van der Waals surface area contributed by atoms with E-state index in [1.54, 1.807) is 46.0 Å². The molecule has 0 unspecified atom stereocenters. The fourth-order valence-electron chi connectivity index (χ4n) is 3.20. The third-order valence-corrected chi connectivity index (χ3v) is 4.57. The van der Waals surface area contributed by atoms with Crippen molar-refractivity contribution in [3.63, 3.8) is 0 Å². The average molecular weight is 488 g/mol. The van der Waals surface area contributed by atoms with Gasteiger partial charge in [0.2, 0.25) is 0 Å². The zero-order chi connectivity index (χ0) is 25.6. The molecule has 7 nitrogen and oxygen atoms in total. The number of esters is 1. The van der Waals surface area contributed by atoms with Crippen molar-refractivity contribution in [2.24, 2.45) is 0 Å². The van der Waals surface area contributed by atoms with E-state index in [1.807, 2.05) is 30.3 Å². The standard InChI is InChI=1S/C24H32F3NO6/c1-22(2,3)34-20(29)17(28-21(30)24(25,26)27)12-9-13-18-19(33-23(4,5)32-18)15-31-14-16-10-7-6-8-11-16/h6-11,13,17-19H,12,14-15H2,1-5H3,(H,28,30)/b13-9-/t17-,18+,19+/m1/s1. The number of benzene rings is 1. The lowest BCUT2D eigenvalue weighted by atomic mass is 10.1. The maximum atomic E-state index is 12.7. The molecule has 3 atom stereocenters. The van der Waals surface area contributed by atoms with Gasteiger partial charge in [-0.15, -0.1) is 0 Å². The van der Waals surface area contributed by atoms with Crippen LogP contribution < -0.4 is 5.32 Å². The Morgan fingerprint density at radius 2 is 1.79 bits per heavy atom. The van der Waals surface area contributed by atoms with Crippen LogP contribution in [0.15, 0.2) is 42.5 Å². The molecule has 2 rings (SSSR count). The van der Waals surface area contributed by atoms with Gasteiger partial charge in [0.05, 0.1) is 13.2 Å². The summed E-state index contributed by atoms with van der Waals surface area (Å²) in [5.41, 5.74) is 0.0590. The van der Waals surface area contributed by atoms with Crippen molar-refractivity contribution in [2.45, 2.75) is 83.5 Å². The number of nitrogens with one attached hydrogen (secondary N) is 1. The number of hydrogen-bond acceptors (Lipinski definition) is 6. The number of ether oxygens (including phenoxy) is 4. The highest BCUT2D eigenvalue weighted by Crippen LogP contribution is 2.29. The molecule has 1 heterocycles. The van der Waals surface area contributed by atoms with Crippen molar-refractivity contribution < 1.29 is 41.7 Å². The SMILES string of the molecule is CC(C)(C)OC(=O)[C@@H](C/C=C\[C@@H]1OC(C)(C)O[C@H]1COCc1ccccc1)NC(=O)C(F)(F)F. The van der Waals surface area contributed by atoms with Crippen molar-refractivity contribution in [1.29, 1.82) is 0 Å². The number of hydrogen-bond donors (Lipinski definition) is 1. The van der Waals surface area contributed by atoms with E-state index in [-0.39, 0.29) is 13.0 Å². The van der Waals surface area contributed by atoms with Gasteiger partial charge < -0.3 is 24.3 Å². The minimum absolute atomic E-state index is 0.216.